The van der Waals surface area contributed by atoms with Crippen LogP contribution in [0, 0.1) is 0 Å². The molecule has 0 atom stereocenters. The van der Waals surface area contributed by atoms with Crippen molar-refractivity contribution in [3.8, 4) is 0 Å². The minimum Gasteiger partial charge on any atom is -0.332 e. The van der Waals surface area contributed by atoms with E-state index in [0.717, 1.165) is 18.0 Å². The Morgan fingerprint density at radius 3 is 2.63 bits per heavy atom. The fourth-order valence-corrected chi connectivity index (χ4v) is 2.49. The lowest BCUT2D eigenvalue weighted by Gasteiger charge is -2.26. The van der Waals surface area contributed by atoms with Crippen molar-refractivity contribution in [1.29, 1.82) is 0 Å². The van der Waals surface area contributed by atoms with E-state index >= 15 is 0 Å². The molecule has 0 spiro atoms. The fraction of sp³-hybridized carbons (Fsp3) is 0.385. The Morgan fingerprint density at radius 2 is 1.95 bits per heavy atom. The highest BCUT2D eigenvalue weighted by Crippen LogP contribution is 2.24. The Bertz CT molecular complexity index is 473. The highest BCUT2D eigenvalue weighted by Gasteiger charge is 2.23. The first-order chi connectivity index (χ1) is 9.22. The zero-order valence-electron chi connectivity index (χ0n) is 10.8. The molecule has 1 aromatic carbocycles. The van der Waals surface area contributed by atoms with Gasteiger partial charge in [0.05, 0.1) is 5.69 Å². The summed E-state index contributed by atoms with van der Waals surface area (Å²) in [7, 11) is 0. The summed E-state index contributed by atoms with van der Waals surface area (Å²) >= 11 is 1.54. The largest absolute Gasteiger partial charge is 0.332 e. The smallest absolute Gasteiger partial charge is 0.313 e. The molecular formula is C13H17N3O2S. The number of benzene rings is 1. The van der Waals surface area contributed by atoms with E-state index in [1.165, 1.54) is 11.8 Å². The normalized spacial score (nSPS) is 15.1. The minimum absolute atomic E-state index is 0.461. The Hall–Kier alpha value is -1.53. The van der Waals surface area contributed by atoms with E-state index in [9.17, 15) is 9.59 Å². The van der Waals surface area contributed by atoms with Crippen LogP contribution in [-0.4, -0.2) is 49.1 Å². The maximum Gasteiger partial charge on any atom is 0.313 e. The summed E-state index contributed by atoms with van der Waals surface area (Å²) < 4.78 is 0. The van der Waals surface area contributed by atoms with Gasteiger partial charge in [0.15, 0.2) is 0 Å². The second-order valence-corrected chi connectivity index (χ2v) is 5.04. The maximum absolute atomic E-state index is 12.0. The summed E-state index contributed by atoms with van der Waals surface area (Å²) in [5, 5.41) is 5.83. The molecule has 0 bridgehead atoms. The van der Waals surface area contributed by atoms with Crippen molar-refractivity contribution in [2.45, 2.75) is 4.90 Å². The van der Waals surface area contributed by atoms with Gasteiger partial charge >= 0.3 is 11.8 Å². The first-order valence-corrected chi connectivity index (χ1v) is 7.39. The average molecular weight is 279 g/mol. The topological polar surface area (TPSA) is 61.4 Å². The highest BCUT2D eigenvalue weighted by molar-refractivity contribution is 7.98. The van der Waals surface area contributed by atoms with E-state index in [0.29, 0.717) is 18.8 Å². The van der Waals surface area contributed by atoms with Crippen LogP contribution in [-0.2, 0) is 9.59 Å². The molecule has 1 heterocycles. The summed E-state index contributed by atoms with van der Waals surface area (Å²) in [5.74, 6) is -1.03. The standard InChI is InChI=1S/C13H17N3O2S/c1-19-11-5-3-2-4-10(11)15-12(17)13(18)16-8-6-14-7-9-16/h2-5,14H,6-9H2,1H3,(H,15,17). The number of para-hydroxylation sites is 1. The van der Waals surface area contributed by atoms with Crippen LogP contribution in [0.25, 0.3) is 0 Å². The van der Waals surface area contributed by atoms with Crippen LogP contribution in [0.15, 0.2) is 29.2 Å². The molecule has 102 valence electrons. The molecule has 2 amide bonds. The van der Waals surface area contributed by atoms with Crippen LogP contribution in [0.4, 0.5) is 5.69 Å². The van der Waals surface area contributed by atoms with E-state index in [2.05, 4.69) is 10.6 Å². The lowest BCUT2D eigenvalue weighted by Crippen LogP contribution is -2.49. The van der Waals surface area contributed by atoms with E-state index in [1.807, 2.05) is 24.5 Å². The number of carbonyl (C=O) groups excluding carboxylic acids is 2. The number of carbonyl (C=O) groups is 2. The zero-order chi connectivity index (χ0) is 13.7. The van der Waals surface area contributed by atoms with Crippen LogP contribution in [0.5, 0.6) is 0 Å². The summed E-state index contributed by atoms with van der Waals surface area (Å²) in [4.78, 5) is 26.5. The van der Waals surface area contributed by atoms with Crippen LogP contribution < -0.4 is 10.6 Å². The third-order valence-corrected chi connectivity index (χ3v) is 3.75. The van der Waals surface area contributed by atoms with Gasteiger partial charge in [-0.25, -0.2) is 0 Å². The number of rotatable bonds is 2. The van der Waals surface area contributed by atoms with Gasteiger partial charge in [0.2, 0.25) is 0 Å². The number of hydrogen-bond acceptors (Lipinski definition) is 4. The molecule has 6 heteroatoms. The van der Waals surface area contributed by atoms with E-state index in [4.69, 9.17) is 0 Å². The van der Waals surface area contributed by atoms with E-state index in [1.54, 1.807) is 11.0 Å². The van der Waals surface area contributed by atoms with E-state index in [-0.39, 0.29) is 0 Å². The molecule has 2 N–H and O–H groups in total. The first-order valence-electron chi connectivity index (χ1n) is 6.16. The summed E-state index contributed by atoms with van der Waals surface area (Å²) in [6.07, 6.45) is 1.93. The Morgan fingerprint density at radius 1 is 1.26 bits per heavy atom. The molecule has 1 aromatic rings. The molecule has 1 saturated heterocycles. The molecule has 1 aliphatic rings. The molecule has 0 radical (unpaired) electrons. The molecule has 2 rings (SSSR count). The summed E-state index contributed by atoms with van der Waals surface area (Å²) in [6.45, 7) is 2.63. The van der Waals surface area contributed by atoms with Gasteiger partial charge in [-0.1, -0.05) is 12.1 Å². The van der Waals surface area contributed by atoms with Gasteiger partial charge in [0, 0.05) is 31.1 Å². The molecule has 5 nitrogen and oxygen atoms in total. The van der Waals surface area contributed by atoms with Crippen molar-refractivity contribution in [3.63, 3.8) is 0 Å². The van der Waals surface area contributed by atoms with Gasteiger partial charge in [0.25, 0.3) is 0 Å². The third-order valence-electron chi connectivity index (χ3n) is 2.95. The quantitative estimate of drug-likeness (QED) is 0.620. The molecule has 0 unspecified atom stereocenters. The number of nitrogens with one attached hydrogen (secondary N) is 2. The molecule has 0 aromatic heterocycles. The van der Waals surface area contributed by atoms with Crippen molar-refractivity contribution in [2.24, 2.45) is 0 Å². The predicted octanol–water partition coefficient (Wildman–Crippen LogP) is 0.779. The molecule has 1 aliphatic heterocycles. The number of hydrogen-bond donors (Lipinski definition) is 2. The Kier molecular flexibility index (Phi) is 4.81. The fourth-order valence-electron chi connectivity index (χ4n) is 1.94. The van der Waals surface area contributed by atoms with Crippen molar-refractivity contribution in [3.05, 3.63) is 24.3 Å². The molecule has 19 heavy (non-hydrogen) atoms. The van der Waals surface area contributed by atoms with Crippen LogP contribution in [0.1, 0.15) is 0 Å². The van der Waals surface area contributed by atoms with Crippen molar-refractivity contribution < 1.29 is 9.59 Å². The maximum atomic E-state index is 12.0. The second-order valence-electron chi connectivity index (χ2n) is 4.20. The van der Waals surface area contributed by atoms with Gasteiger partial charge in [-0.05, 0) is 18.4 Å². The molecular weight excluding hydrogens is 262 g/mol. The van der Waals surface area contributed by atoms with Crippen molar-refractivity contribution >= 4 is 29.3 Å². The summed E-state index contributed by atoms with van der Waals surface area (Å²) in [5.41, 5.74) is 0.684. The average Bonchev–Trinajstić information content (AvgIpc) is 2.48. The number of nitrogens with zero attached hydrogens (tertiary/aromatic N) is 1. The molecule has 1 fully saturated rings. The molecule has 0 aliphatic carbocycles. The van der Waals surface area contributed by atoms with Crippen LogP contribution >= 0.6 is 11.8 Å². The lowest BCUT2D eigenvalue weighted by molar-refractivity contribution is -0.143. The monoisotopic (exact) mass is 279 g/mol. The highest BCUT2D eigenvalue weighted by atomic mass is 32.2. The van der Waals surface area contributed by atoms with Crippen LogP contribution in [0.3, 0.4) is 0 Å². The van der Waals surface area contributed by atoms with Gasteiger partial charge in [-0.2, -0.15) is 0 Å². The molecule has 0 saturated carbocycles. The predicted molar refractivity (Wildman–Crippen MR) is 76.3 cm³/mol. The summed E-state index contributed by atoms with van der Waals surface area (Å²) in [6, 6.07) is 7.45. The number of thioether (sulfide) groups is 1. The SMILES string of the molecule is CSc1ccccc1NC(=O)C(=O)N1CCNCC1. The Labute approximate surface area is 116 Å². The van der Waals surface area contributed by atoms with Gasteiger partial charge in [-0.3, -0.25) is 9.59 Å². The van der Waals surface area contributed by atoms with E-state index < -0.39 is 11.8 Å². The van der Waals surface area contributed by atoms with Gasteiger partial charge in [-0.15, -0.1) is 11.8 Å². The van der Waals surface area contributed by atoms with Crippen molar-refractivity contribution in [1.82, 2.24) is 10.2 Å². The number of piperazine rings is 1. The minimum atomic E-state index is -0.566. The second kappa shape index (κ2) is 6.58. The first kappa shape index (κ1) is 13.9. The zero-order valence-corrected chi connectivity index (χ0v) is 11.6. The Balaban J connectivity index is 2.01. The third kappa shape index (κ3) is 3.48. The van der Waals surface area contributed by atoms with Gasteiger partial charge < -0.3 is 15.5 Å². The van der Waals surface area contributed by atoms with Gasteiger partial charge in [0.1, 0.15) is 0 Å². The number of anilines is 1. The number of amides is 2. The lowest BCUT2D eigenvalue weighted by atomic mass is 10.3. The van der Waals surface area contributed by atoms with Crippen LogP contribution in [0.2, 0.25) is 0 Å². The van der Waals surface area contributed by atoms with Crippen molar-refractivity contribution in [2.75, 3.05) is 37.8 Å².